The van der Waals surface area contributed by atoms with Crippen molar-refractivity contribution in [2.45, 2.75) is 44.9 Å². The number of aliphatic hydroxyl groups is 1. The number of carbonyl (C=O) groups is 1. The molecule has 3 aliphatic rings. The van der Waals surface area contributed by atoms with E-state index < -0.39 is 11.6 Å². The van der Waals surface area contributed by atoms with Crippen LogP contribution in [0.5, 0.6) is 0 Å². The van der Waals surface area contributed by atoms with Gasteiger partial charge in [-0.05, 0) is 44.6 Å². The summed E-state index contributed by atoms with van der Waals surface area (Å²) in [6.45, 7) is 5.95. The molecule has 1 amide bonds. The van der Waals surface area contributed by atoms with Crippen LogP contribution in [0.3, 0.4) is 0 Å². The Kier molecular flexibility index (Phi) is 3.60. The van der Waals surface area contributed by atoms with Gasteiger partial charge in [0.25, 0.3) is 0 Å². The lowest BCUT2D eigenvalue weighted by atomic mass is 9.70. The van der Waals surface area contributed by atoms with Crippen molar-refractivity contribution in [3.05, 3.63) is 10.4 Å². The molecule has 0 aromatic carbocycles. The van der Waals surface area contributed by atoms with Crippen molar-refractivity contribution in [2.75, 3.05) is 13.2 Å². The Balaban J connectivity index is 2.02. The van der Waals surface area contributed by atoms with Crippen molar-refractivity contribution >= 4 is 6.09 Å². The Hall–Kier alpha value is -1.46. The summed E-state index contributed by atoms with van der Waals surface area (Å²) in [5.41, 5.74) is 7.99. The quantitative estimate of drug-likeness (QED) is 0.480. The summed E-state index contributed by atoms with van der Waals surface area (Å²) in [5.74, 6) is 0.369. The van der Waals surface area contributed by atoms with Crippen molar-refractivity contribution in [2.24, 2.45) is 17.0 Å². The third kappa shape index (κ3) is 2.62. The zero-order valence-electron chi connectivity index (χ0n) is 11.5. The molecule has 1 aliphatic carbocycles. The molecule has 7 nitrogen and oxygen atoms in total. The highest BCUT2D eigenvalue weighted by Crippen LogP contribution is 2.49. The minimum atomic E-state index is -0.513. The van der Waals surface area contributed by atoms with E-state index in [1.807, 2.05) is 20.8 Å². The van der Waals surface area contributed by atoms with Crippen LogP contribution < -0.4 is 0 Å². The average Bonchev–Trinajstić information content (AvgIpc) is 2.84. The average molecular weight is 268 g/mol. The standard InChI is InChI=1S/C12H20N4O3/c1-12(2,3)19-11(18)16-5-7-4-9(16)10(7)8(6-17)14-15-13/h7-10,17H,4-6H2,1-3H3/t7-,8?,9-,10?/m0/s1. The van der Waals surface area contributed by atoms with Crippen LogP contribution in [0.4, 0.5) is 4.79 Å². The molecule has 0 aromatic rings. The van der Waals surface area contributed by atoms with Crippen LogP contribution in [0.2, 0.25) is 0 Å². The fourth-order valence-electron chi connectivity index (χ4n) is 3.06. The summed E-state index contributed by atoms with van der Waals surface area (Å²) in [6.07, 6.45) is 0.585. The Morgan fingerprint density at radius 1 is 1.63 bits per heavy atom. The fourth-order valence-corrected chi connectivity index (χ4v) is 3.06. The van der Waals surface area contributed by atoms with Crippen LogP contribution in [0, 0.1) is 11.8 Å². The van der Waals surface area contributed by atoms with Crippen molar-refractivity contribution < 1.29 is 14.6 Å². The van der Waals surface area contributed by atoms with Crippen LogP contribution in [-0.4, -0.2) is 46.9 Å². The lowest BCUT2D eigenvalue weighted by molar-refractivity contribution is 0.0169. The molecule has 2 bridgehead atoms. The van der Waals surface area contributed by atoms with Gasteiger partial charge in [0.05, 0.1) is 12.6 Å². The largest absolute Gasteiger partial charge is 0.444 e. The predicted octanol–water partition coefficient (Wildman–Crippen LogP) is 1.91. The first-order valence-electron chi connectivity index (χ1n) is 6.52. The second kappa shape index (κ2) is 4.90. The zero-order valence-corrected chi connectivity index (χ0v) is 11.5. The number of amides is 1. The molecule has 1 saturated carbocycles. The molecular formula is C12H20N4O3. The minimum Gasteiger partial charge on any atom is -0.444 e. The third-order valence-corrected chi connectivity index (χ3v) is 3.82. The predicted molar refractivity (Wildman–Crippen MR) is 68.3 cm³/mol. The molecule has 7 heteroatoms. The van der Waals surface area contributed by atoms with Gasteiger partial charge in [-0.25, -0.2) is 4.79 Å². The molecule has 106 valence electrons. The molecule has 0 aromatic heterocycles. The van der Waals surface area contributed by atoms with E-state index >= 15 is 0 Å². The normalized spacial score (nSPS) is 30.3. The van der Waals surface area contributed by atoms with Crippen LogP contribution in [0.1, 0.15) is 27.2 Å². The molecule has 3 rings (SSSR count). The summed E-state index contributed by atoms with van der Waals surface area (Å²) in [6, 6.07) is -0.413. The number of rotatable bonds is 3. The van der Waals surface area contributed by atoms with Crippen molar-refractivity contribution in [1.82, 2.24) is 4.90 Å². The monoisotopic (exact) mass is 268 g/mol. The molecule has 3 fully saturated rings. The summed E-state index contributed by atoms with van der Waals surface area (Å²) < 4.78 is 5.36. The highest BCUT2D eigenvalue weighted by atomic mass is 16.6. The first kappa shape index (κ1) is 14.0. The maximum Gasteiger partial charge on any atom is 0.410 e. The van der Waals surface area contributed by atoms with E-state index in [0.29, 0.717) is 12.5 Å². The Bertz CT molecular complexity index is 414. The molecule has 2 saturated heterocycles. The van der Waals surface area contributed by atoms with E-state index in [2.05, 4.69) is 10.0 Å². The Morgan fingerprint density at radius 2 is 2.32 bits per heavy atom. The molecule has 19 heavy (non-hydrogen) atoms. The maximum atomic E-state index is 12.1. The molecule has 4 atom stereocenters. The molecule has 2 unspecified atom stereocenters. The first-order valence-corrected chi connectivity index (χ1v) is 6.52. The van der Waals surface area contributed by atoms with Crippen LogP contribution >= 0.6 is 0 Å². The number of hydrogen-bond donors (Lipinski definition) is 1. The Labute approximate surface area is 112 Å². The molecular weight excluding hydrogens is 248 g/mol. The van der Waals surface area contributed by atoms with E-state index in [-0.39, 0.29) is 24.7 Å². The number of carbonyl (C=O) groups excluding carboxylic acids is 1. The smallest absolute Gasteiger partial charge is 0.410 e. The van der Waals surface area contributed by atoms with Gasteiger partial charge >= 0.3 is 6.09 Å². The van der Waals surface area contributed by atoms with Crippen LogP contribution in [-0.2, 0) is 4.74 Å². The van der Waals surface area contributed by atoms with E-state index in [1.54, 1.807) is 4.90 Å². The van der Waals surface area contributed by atoms with Crippen molar-refractivity contribution in [3.63, 3.8) is 0 Å². The topological polar surface area (TPSA) is 98.5 Å². The van der Waals surface area contributed by atoms with E-state index in [4.69, 9.17) is 10.3 Å². The number of fused-ring (bicyclic) bond motifs is 1. The van der Waals surface area contributed by atoms with Gasteiger partial charge in [-0.1, -0.05) is 5.11 Å². The molecule has 0 spiro atoms. The summed E-state index contributed by atoms with van der Waals surface area (Å²) >= 11 is 0. The molecule has 1 N–H and O–H groups in total. The first-order chi connectivity index (χ1) is 8.87. The fraction of sp³-hybridized carbons (Fsp3) is 0.917. The van der Waals surface area contributed by atoms with Gasteiger partial charge in [0.2, 0.25) is 0 Å². The van der Waals surface area contributed by atoms with E-state index in [1.165, 1.54) is 0 Å². The summed E-state index contributed by atoms with van der Waals surface area (Å²) in [5, 5.41) is 12.9. The maximum absolute atomic E-state index is 12.1. The van der Waals surface area contributed by atoms with Gasteiger partial charge < -0.3 is 14.7 Å². The highest BCUT2D eigenvalue weighted by Gasteiger charge is 2.56. The number of nitrogens with zero attached hydrogens (tertiary/aromatic N) is 4. The highest BCUT2D eigenvalue weighted by molar-refractivity contribution is 5.69. The molecule has 2 aliphatic heterocycles. The van der Waals surface area contributed by atoms with Gasteiger partial charge in [0.15, 0.2) is 0 Å². The summed E-state index contributed by atoms with van der Waals surface area (Å²) in [7, 11) is 0. The van der Waals surface area contributed by atoms with Crippen LogP contribution in [0.15, 0.2) is 5.11 Å². The molecule has 2 heterocycles. The zero-order chi connectivity index (χ0) is 14.2. The second-order valence-electron chi connectivity index (χ2n) is 6.23. The number of aliphatic hydroxyl groups excluding tert-OH is 1. The number of azide groups is 1. The van der Waals surface area contributed by atoms with Gasteiger partial charge in [-0.2, -0.15) is 0 Å². The van der Waals surface area contributed by atoms with Crippen molar-refractivity contribution in [3.8, 4) is 0 Å². The number of ether oxygens (including phenoxy) is 1. The number of hydrogen-bond acceptors (Lipinski definition) is 4. The van der Waals surface area contributed by atoms with Crippen LogP contribution in [0.25, 0.3) is 10.4 Å². The third-order valence-electron chi connectivity index (χ3n) is 3.82. The van der Waals surface area contributed by atoms with Gasteiger partial charge in [0.1, 0.15) is 5.60 Å². The van der Waals surface area contributed by atoms with E-state index in [9.17, 15) is 9.90 Å². The van der Waals surface area contributed by atoms with Gasteiger partial charge in [0, 0.05) is 17.5 Å². The minimum absolute atomic E-state index is 0.0301. The van der Waals surface area contributed by atoms with E-state index in [0.717, 1.165) is 6.42 Å². The summed E-state index contributed by atoms with van der Waals surface area (Å²) in [4.78, 5) is 16.5. The van der Waals surface area contributed by atoms with Gasteiger partial charge in [-0.3, -0.25) is 0 Å². The molecule has 0 radical (unpaired) electrons. The SMILES string of the molecule is CC(C)(C)OC(=O)N1C[C@@H]2C[C@H]1C2C(CO)N=[N+]=[N-]. The van der Waals surface area contributed by atoms with Crippen molar-refractivity contribution in [1.29, 1.82) is 0 Å². The second-order valence-corrected chi connectivity index (χ2v) is 6.23. The van der Waals surface area contributed by atoms with Gasteiger partial charge in [-0.15, -0.1) is 0 Å². The Morgan fingerprint density at radius 3 is 2.84 bits per heavy atom. The lowest BCUT2D eigenvalue weighted by Crippen LogP contribution is -2.48. The lowest BCUT2D eigenvalue weighted by Gasteiger charge is -2.39.